The van der Waals surface area contributed by atoms with Crippen LogP contribution in [0, 0.1) is 15.9 Å². The van der Waals surface area contributed by atoms with Gasteiger partial charge in [0.1, 0.15) is 11.9 Å². The number of ether oxygens (including phenoxy) is 1. The number of rotatable bonds is 5. The molecule has 0 aliphatic carbocycles. The minimum Gasteiger partial charge on any atom is -0.482 e. The van der Waals surface area contributed by atoms with Crippen molar-refractivity contribution in [3.8, 4) is 5.75 Å². The van der Waals surface area contributed by atoms with Gasteiger partial charge in [-0.05, 0) is 20.0 Å². The molecule has 6 heteroatoms. The van der Waals surface area contributed by atoms with Gasteiger partial charge in [-0.15, -0.1) is 0 Å². The van der Waals surface area contributed by atoms with Gasteiger partial charge in [0.2, 0.25) is 0 Å². The second-order valence-electron chi connectivity index (χ2n) is 3.36. The van der Waals surface area contributed by atoms with E-state index < -0.39 is 10.7 Å². The van der Waals surface area contributed by atoms with Crippen molar-refractivity contribution >= 4 is 5.69 Å². The highest BCUT2D eigenvalue weighted by atomic mass is 19.1. The van der Waals surface area contributed by atoms with Gasteiger partial charge in [-0.25, -0.2) is 4.39 Å². The van der Waals surface area contributed by atoms with Crippen LogP contribution < -0.4 is 10.1 Å². The molecule has 1 aromatic carbocycles. The smallest absolute Gasteiger partial charge is 0.311 e. The first-order valence-electron chi connectivity index (χ1n) is 4.79. The Balaban J connectivity index is 2.92. The quantitative estimate of drug-likeness (QED) is 0.615. The molecule has 0 spiro atoms. The van der Waals surface area contributed by atoms with Gasteiger partial charge in [-0.3, -0.25) is 10.1 Å². The first-order valence-corrected chi connectivity index (χ1v) is 4.79. The largest absolute Gasteiger partial charge is 0.482 e. The van der Waals surface area contributed by atoms with Crippen LogP contribution in [0.25, 0.3) is 0 Å². The Morgan fingerprint density at radius 3 is 2.88 bits per heavy atom. The highest BCUT2D eigenvalue weighted by Gasteiger charge is 2.17. The predicted octanol–water partition coefficient (Wildman–Crippen LogP) is 1.72. The molecule has 0 amide bonds. The molecule has 88 valence electrons. The molecular weight excluding hydrogens is 215 g/mol. The predicted molar refractivity (Wildman–Crippen MR) is 57.1 cm³/mol. The lowest BCUT2D eigenvalue weighted by atomic mass is 10.3. The molecule has 0 heterocycles. The van der Waals surface area contributed by atoms with Crippen molar-refractivity contribution in [2.45, 2.75) is 13.0 Å². The molecule has 16 heavy (non-hydrogen) atoms. The molecule has 1 aromatic rings. The third kappa shape index (κ3) is 3.16. The number of hydrogen-bond donors (Lipinski definition) is 1. The summed E-state index contributed by atoms with van der Waals surface area (Å²) in [6.45, 7) is 2.26. The highest BCUT2D eigenvalue weighted by molar-refractivity contribution is 5.46. The molecule has 0 aliphatic rings. The van der Waals surface area contributed by atoms with Crippen molar-refractivity contribution in [2.75, 3.05) is 13.6 Å². The fraction of sp³-hybridized carbons (Fsp3) is 0.400. The van der Waals surface area contributed by atoms with E-state index in [1.54, 1.807) is 14.0 Å². The number of nitro benzene ring substituents is 1. The number of nitrogens with zero attached hydrogens (tertiary/aromatic N) is 1. The zero-order valence-corrected chi connectivity index (χ0v) is 9.07. The summed E-state index contributed by atoms with van der Waals surface area (Å²) in [7, 11) is 1.74. The van der Waals surface area contributed by atoms with Gasteiger partial charge in [-0.2, -0.15) is 0 Å². The van der Waals surface area contributed by atoms with Gasteiger partial charge >= 0.3 is 5.69 Å². The van der Waals surface area contributed by atoms with Crippen LogP contribution >= 0.6 is 0 Å². The Morgan fingerprint density at radius 1 is 1.62 bits per heavy atom. The van der Waals surface area contributed by atoms with Crippen LogP contribution in [-0.4, -0.2) is 24.6 Å². The van der Waals surface area contributed by atoms with Crippen LogP contribution in [0.4, 0.5) is 10.1 Å². The highest BCUT2D eigenvalue weighted by Crippen LogP contribution is 2.28. The van der Waals surface area contributed by atoms with Crippen LogP contribution in [0.2, 0.25) is 0 Å². The molecule has 1 atom stereocenters. The minimum atomic E-state index is -0.596. The summed E-state index contributed by atoms with van der Waals surface area (Å²) >= 11 is 0. The lowest BCUT2D eigenvalue weighted by Crippen LogP contribution is -2.26. The first-order chi connectivity index (χ1) is 7.54. The van der Waals surface area contributed by atoms with Crippen molar-refractivity contribution in [2.24, 2.45) is 0 Å². The summed E-state index contributed by atoms with van der Waals surface area (Å²) in [5, 5.41) is 13.5. The van der Waals surface area contributed by atoms with E-state index in [1.165, 1.54) is 0 Å². The lowest BCUT2D eigenvalue weighted by molar-refractivity contribution is -0.386. The Hall–Kier alpha value is -1.69. The Morgan fingerprint density at radius 2 is 2.31 bits per heavy atom. The molecular formula is C10H13FN2O3. The van der Waals surface area contributed by atoms with Gasteiger partial charge < -0.3 is 10.1 Å². The average Bonchev–Trinajstić information content (AvgIpc) is 2.17. The first kappa shape index (κ1) is 12.4. The van der Waals surface area contributed by atoms with Crippen molar-refractivity contribution in [3.63, 3.8) is 0 Å². The molecule has 1 unspecified atom stereocenters. The van der Waals surface area contributed by atoms with E-state index in [0.717, 1.165) is 18.2 Å². The molecule has 0 saturated carbocycles. The lowest BCUT2D eigenvalue weighted by Gasteiger charge is -2.13. The number of likely N-dealkylation sites (N-methyl/N-ethyl adjacent to an activating group) is 1. The van der Waals surface area contributed by atoms with E-state index in [2.05, 4.69) is 5.32 Å². The van der Waals surface area contributed by atoms with Gasteiger partial charge in [0.15, 0.2) is 5.75 Å². The van der Waals surface area contributed by atoms with E-state index in [9.17, 15) is 14.5 Å². The van der Waals surface area contributed by atoms with Crippen LogP contribution in [0.5, 0.6) is 5.75 Å². The SMILES string of the molecule is CNCC(C)Oc1cc(F)ccc1[N+](=O)[O-]. The Bertz CT molecular complexity index is 384. The normalized spacial score (nSPS) is 12.2. The minimum absolute atomic E-state index is 0.0484. The molecule has 1 rings (SSSR count). The number of nitrogens with one attached hydrogen (secondary N) is 1. The average molecular weight is 228 g/mol. The second-order valence-corrected chi connectivity index (χ2v) is 3.36. The zero-order chi connectivity index (χ0) is 12.1. The number of halogens is 1. The second kappa shape index (κ2) is 5.41. The van der Waals surface area contributed by atoms with E-state index in [0.29, 0.717) is 6.54 Å². The van der Waals surface area contributed by atoms with Crippen LogP contribution in [0.1, 0.15) is 6.92 Å². The van der Waals surface area contributed by atoms with E-state index in [1.807, 2.05) is 0 Å². The van der Waals surface area contributed by atoms with Gasteiger partial charge in [0.05, 0.1) is 4.92 Å². The van der Waals surface area contributed by atoms with Crippen LogP contribution in [-0.2, 0) is 0 Å². The van der Waals surface area contributed by atoms with Gasteiger partial charge in [0.25, 0.3) is 0 Å². The summed E-state index contributed by atoms with van der Waals surface area (Å²) in [6.07, 6.45) is -0.273. The van der Waals surface area contributed by atoms with E-state index >= 15 is 0 Å². The summed E-state index contributed by atoms with van der Waals surface area (Å²) in [6, 6.07) is 3.15. The van der Waals surface area contributed by atoms with Gasteiger partial charge in [-0.1, -0.05) is 0 Å². The fourth-order valence-electron chi connectivity index (χ4n) is 1.28. The summed E-state index contributed by atoms with van der Waals surface area (Å²) < 4.78 is 18.2. The molecule has 0 fully saturated rings. The Labute approximate surface area is 92.4 Å². The van der Waals surface area contributed by atoms with Crippen molar-refractivity contribution in [1.82, 2.24) is 5.32 Å². The third-order valence-corrected chi connectivity index (χ3v) is 1.94. The topological polar surface area (TPSA) is 64.4 Å². The van der Waals surface area contributed by atoms with Crippen LogP contribution in [0.15, 0.2) is 18.2 Å². The molecule has 1 N–H and O–H groups in total. The standard InChI is InChI=1S/C10H13FN2O3/c1-7(6-12-2)16-10-5-8(11)3-4-9(10)13(14)15/h3-5,7,12H,6H2,1-2H3. The Kier molecular flexibility index (Phi) is 4.19. The monoisotopic (exact) mass is 228 g/mol. The van der Waals surface area contributed by atoms with Crippen LogP contribution in [0.3, 0.4) is 0 Å². The molecule has 0 radical (unpaired) electrons. The molecule has 0 saturated heterocycles. The molecule has 5 nitrogen and oxygen atoms in total. The molecule has 0 aromatic heterocycles. The summed E-state index contributed by atoms with van der Waals surface area (Å²) in [4.78, 5) is 10.1. The van der Waals surface area contributed by atoms with Crippen molar-refractivity contribution < 1.29 is 14.1 Å². The third-order valence-electron chi connectivity index (χ3n) is 1.94. The van der Waals surface area contributed by atoms with E-state index in [4.69, 9.17) is 4.74 Å². The maximum atomic E-state index is 12.9. The molecule has 0 aliphatic heterocycles. The number of benzene rings is 1. The summed E-state index contributed by atoms with van der Waals surface area (Å²) in [5.41, 5.74) is -0.232. The van der Waals surface area contributed by atoms with Gasteiger partial charge in [0, 0.05) is 18.7 Å². The zero-order valence-electron chi connectivity index (χ0n) is 9.07. The van der Waals surface area contributed by atoms with Crippen molar-refractivity contribution in [3.05, 3.63) is 34.1 Å². The maximum Gasteiger partial charge on any atom is 0.311 e. The number of nitro groups is 1. The summed E-state index contributed by atoms with van der Waals surface area (Å²) in [5.74, 6) is -0.606. The maximum absolute atomic E-state index is 12.9. The molecule has 0 bridgehead atoms. The number of hydrogen-bond acceptors (Lipinski definition) is 4. The van der Waals surface area contributed by atoms with E-state index in [-0.39, 0.29) is 17.5 Å². The van der Waals surface area contributed by atoms with Crippen molar-refractivity contribution in [1.29, 1.82) is 0 Å². The fourth-order valence-corrected chi connectivity index (χ4v) is 1.28.